The number of ether oxygens (including phenoxy) is 2. The minimum absolute atomic E-state index is 0.0616. The van der Waals surface area contributed by atoms with E-state index < -0.39 is 17.7 Å². The highest BCUT2D eigenvalue weighted by molar-refractivity contribution is 5.94. The number of piperazine rings is 1. The zero-order chi connectivity index (χ0) is 26.6. The molecule has 2 atom stereocenters. The number of hydrogen-bond acceptors (Lipinski definition) is 6. The van der Waals surface area contributed by atoms with Gasteiger partial charge in [0.1, 0.15) is 12.2 Å². The number of carbonyl (C=O) groups is 2. The third-order valence-corrected chi connectivity index (χ3v) is 7.24. The van der Waals surface area contributed by atoms with Gasteiger partial charge in [0.2, 0.25) is 5.91 Å². The molecule has 0 bridgehead atoms. The predicted molar refractivity (Wildman–Crippen MR) is 133 cm³/mol. The molecule has 2 aliphatic heterocycles. The van der Waals surface area contributed by atoms with Crippen molar-refractivity contribution in [1.29, 1.82) is 0 Å². The van der Waals surface area contributed by atoms with Gasteiger partial charge in [0.15, 0.2) is 0 Å². The first-order chi connectivity index (χ1) is 17.7. The van der Waals surface area contributed by atoms with Gasteiger partial charge in [-0.3, -0.25) is 14.5 Å². The average molecular weight is 520 g/mol. The summed E-state index contributed by atoms with van der Waals surface area (Å²) in [6.45, 7) is 4.49. The fraction of sp³-hybridized carbons (Fsp3) is 0.481. The van der Waals surface area contributed by atoms with Crippen LogP contribution in [0.25, 0.3) is 0 Å². The fourth-order valence-electron chi connectivity index (χ4n) is 5.22. The van der Waals surface area contributed by atoms with Crippen molar-refractivity contribution in [3.63, 3.8) is 0 Å². The molecule has 2 unspecified atom stereocenters. The van der Waals surface area contributed by atoms with Crippen molar-refractivity contribution in [2.75, 3.05) is 64.9 Å². The largest absolute Gasteiger partial charge is 0.497 e. The highest BCUT2D eigenvalue weighted by Gasteiger charge is 2.39. The second-order valence-electron chi connectivity index (χ2n) is 9.53. The first-order valence-electron chi connectivity index (χ1n) is 12.3. The Morgan fingerprint density at radius 2 is 1.70 bits per heavy atom. The highest BCUT2D eigenvalue weighted by atomic mass is 19.4. The molecule has 0 saturated carbocycles. The first-order valence-corrected chi connectivity index (χ1v) is 12.3. The molecule has 0 spiro atoms. The lowest BCUT2D eigenvalue weighted by Crippen LogP contribution is -2.48. The summed E-state index contributed by atoms with van der Waals surface area (Å²) in [4.78, 5) is 30.5. The maximum Gasteiger partial charge on any atom is 0.416 e. The number of likely N-dealkylation sites (tertiary alicyclic amines) is 1. The third-order valence-electron chi connectivity index (χ3n) is 7.24. The Morgan fingerprint density at radius 1 is 0.973 bits per heavy atom. The fourth-order valence-corrected chi connectivity index (χ4v) is 5.22. The summed E-state index contributed by atoms with van der Waals surface area (Å²) in [5.74, 6) is -0.521. The SMILES string of the molecule is COC(=O)CC(=O)N1CC(CN2CCN(c3cccc(OC)c3)CC2)C(c2cccc(C(F)(F)F)c2)C1. The van der Waals surface area contributed by atoms with Crippen molar-refractivity contribution in [3.8, 4) is 5.75 Å². The summed E-state index contributed by atoms with van der Waals surface area (Å²) in [7, 11) is 2.86. The number of benzene rings is 2. The molecule has 7 nitrogen and oxygen atoms in total. The van der Waals surface area contributed by atoms with E-state index in [1.165, 1.54) is 19.2 Å². The number of anilines is 1. The standard InChI is InChI=1S/C27H32F3N3O4/c1-36-23-8-4-7-22(14-23)32-11-9-31(10-12-32)16-20-17-33(25(34)15-26(35)37-2)18-24(20)19-5-3-6-21(13-19)27(28,29)30/h3-8,13-14,20,24H,9-12,15-18H2,1-2H3. The van der Waals surface area contributed by atoms with Gasteiger partial charge in [0.25, 0.3) is 0 Å². The van der Waals surface area contributed by atoms with Gasteiger partial charge in [-0.2, -0.15) is 13.2 Å². The number of alkyl halides is 3. The van der Waals surface area contributed by atoms with Crippen LogP contribution in [0.1, 0.15) is 23.5 Å². The van der Waals surface area contributed by atoms with Gasteiger partial charge in [0.05, 0.1) is 19.8 Å². The first kappa shape index (κ1) is 26.8. The number of methoxy groups -OCH3 is 2. The normalized spacial score (nSPS) is 20.7. The number of halogens is 3. The topological polar surface area (TPSA) is 62.3 Å². The van der Waals surface area contributed by atoms with E-state index in [2.05, 4.69) is 14.5 Å². The maximum atomic E-state index is 13.4. The molecule has 200 valence electrons. The van der Waals surface area contributed by atoms with Gasteiger partial charge in [0, 0.05) is 63.5 Å². The molecule has 10 heteroatoms. The zero-order valence-corrected chi connectivity index (χ0v) is 21.0. The second-order valence-corrected chi connectivity index (χ2v) is 9.53. The highest BCUT2D eigenvalue weighted by Crippen LogP contribution is 2.37. The lowest BCUT2D eigenvalue weighted by Gasteiger charge is -2.38. The quantitative estimate of drug-likeness (QED) is 0.411. The summed E-state index contributed by atoms with van der Waals surface area (Å²) in [5, 5.41) is 0. The van der Waals surface area contributed by atoms with Gasteiger partial charge in [-0.1, -0.05) is 24.3 Å². The Kier molecular flexibility index (Phi) is 8.26. The van der Waals surface area contributed by atoms with E-state index in [0.29, 0.717) is 18.7 Å². The Bertz CT molecular complexity index is 1100. The van der Waals surface area contributed by atoms with E-state index in [-0.39, 0.29) is 30.7 Å². The molecule has 0 radical (unpaired) electrons. The summed E-state index contributed by atoms with van der Waals surface area (Å²) >= 11 is 0. The molecule has 37 heavy (non-hydrogen) atoms. The monoisotopic (exact) mass is 519 g/mol. The summed E-state index contributed by atoms with van der Waals surface area (Å²) in [5.41, 5.74) is 0.944. The minimum Gasteiger partial charge on any atom is -0.497 e. The molecule has 2 fully saturated rings. The Labute approximate surface area is 214 Å². The summed E-state index contributed by atoms with van der Waals surface area (Å²) < 4.78 is 50.2. The Morgan fingerprint density at radius 3 is 2.38 bits per heavy atom. The van der Waals surface area contributed by atoms with Gasteiger partial charge in [-0.15, -0.1) is 0 Å². The Balaban J connectivity index is 1.47. The van der Waals surface area contributed by atoms with Crippen LogP contribution >= 0.6 is 0 Å². The van der Waals surface area contributed by atoms with Crippen molar-refractivity contribution in [3.05, 3.63) is 59.7 Å². The van der Waals surface area contributed by atoms with Gasteiger partial charge >= 0.3 is 12.1 Å². The van der Waals surface area contributed by atoms with E-state index in [0.717, 1.165) is 43.7 Å². The van der Waals surface area contributed by atoms with Crippen LogP contribution in [0.2, 0.25) is 0 Å². The molecule has 2 aromatic rings. The lowest BCUT2D eigenvalue weighted by molar-refractivity contribution is -0.146. The van der Waals surface area contributed by atoms with Crippen LogP contribution < -0.4 is 9.64 Å². The predicted octanol–water partition coefficient (Wildman–Crippen LogP) is 3.64. The number of rotatable bonds is 7. The van der Waals surface area contributed by atoms with E-state index in [1.54, 1.807) is 18.1 Å². The molecule has 1 amide bonds. The van der Waals surface area contributed by atoms with Crippen LogP contribution in [0.4, 0.5) is 18.9 Å². The zero-order valence-electron chi connectivity index (χ0n) is 21.0. The number of hydrogen-bond donors (Lipinski definition) is 0. The molecular weight excluding hydrogens is 487 g/mol. The van der Waals surface area contributed by atoms with E-state index >= 15 is 0 Å². The van der Waals surface area contributed by atoms with Crippen LogP contribution in [-0.4, -0.2) is 81.7 Å². The van der Waals surface area contributed by atoms with Crippen molar-refractivity contribution in [2.45, 2.75) is 18.5 Å². The third kappa shape index (κ3) is 6.54. The molecule has 4 rings (SSSR count). The second kappa shape index (κ2) is 11.4. The van der Waals surface area contributed by atoms with Gasteiger partial charge in [-0.05, 0) is 29.7 Å². The molecule has 2 aliphatic rings. The number of nitrogens with zero attached hydrogens (tertiary/aromatic N) is 3. The molecule has 0 aliphatic carbocycles. The smallest absolute Gasteiger partial charge is 0.416 e. The van der Waals surface area contributed by atoms with E-state index in [4.69, 9.17) is 4.74 Å². The van der Waals surface area contributed by atoms with Crippen LogP contribution in [0.15, 0.2) is 48.5 Å². The van der Waals surface area contributed by atoms with Crippen LogP contribution in [0.5, 0.6) is 5.75 Å². The van der Waals surface area contributed by atoms with Crippen LogP contribution in [-0.2, 0) is 20.5 Å². The van der Waals surface area contributed by atoms with E-state index in [1.807, 2.05) is 24.3 Å². The summed E-state index contributed by atoms with van der Waals surface area (Å²) in [6, 6.07) is 13.3. The minimum atomic E-state index is -4.44. The van der Waals surface area contributed by atoms with Crippen molar-refractivity contribution < 1.29 is 32.2 Å². The molecule has 2 aromatic carbocycles. The molecule has 0 N–H and O–H groups in total. The Hall–Kier alpha value is -3.27. The summed E-state index contributed by atoms with van der Waals surface area (Å²) in [6.07, 6.45) is -4.82. The van der Waals surface area contributed by atoms with Gasteiger partial charge < -0.3 is 19.3 Å². The molecule has 2 heterocycles. The van der Waals surface area contributed by atoms with E-state index in [9.17, 15) is 22.8 Å². The van der Waals surface area contributed by atoms with Crippen molar-refractivity contribution >= 4 is 17.6 Å². The average Bonchev–Trinajstić information content (AvgIpc) is 3.32. The van der Waals surface area contributed by atoms with Crippen LogP contribution in [0.3, 0.4) is 0 Å². The molecular formula is C27H32F3N3O4. The number of esters is 1. The lowest BCUT2D eigenvalue weighted by atomic mass is 9.87. The number of amides is 1. The van der Waals surface area contributed by atoms with Crippen molar-refractivity contribution in [1.82, 2.24) is 9.80 Å². The van der Waals surface area contributed by atoms with Crippen LogP contribution in [0, 0.1) is 5.92 Å². The maximum absolute atomic E-state index is 13.4. The van der Waals surface area contributed by atoms with Crippen molar-refractivity contribution in [2.24, 2.45) is 5.92 Å². The number of carbonyl (C=O) groups excluding carboxylic acids is 2. The van der Waals surface area contributed by atoms with Gasteiger partial charge in [-0.25, -0.2) is 0 Å². The molecule has 2 saturated heterocycles. The molecule has 0 aromatic heterocycles.